The lowest BCUT2D eigenvalue weighted by Crippen LogP contribution is -2.13. The smallest absolute Gasteiger partial charge is 0.127 e. The molecular formula is C16H15N3OS. The van der Waals surface area contributed by atoms with Crippen molar-refractivity contribution in [1.29, 1.82) is 0 Å². The fourth-order valence-corrected chi connectivity index (χ4v) is 2.45. The highest BCUT2D eigenvalue weighted by atomic mass is 32.1. The summed E-state index contributed by atoms with van der Waals surface area (Å²) in [6.45, 7) is 2.01. The van der Waals surface area contributed by atoms with Crippen LogP contribution in [-0.4, -0.2) is 9.97 Å². The lowest BCUT2D eigenvalue weighted by Gasteiger charge is -2.14. The Hall–Kier alpha value is -2.40. The average Bonchev–Trinajstić information content (AvgIpc) is 3.00. The molecule has 106 valence electrons. The molecule has 3 rings (SSSR count). The molecule has 0 aliphatic carbocycles. The minimum atomic E-state index is 0.00728. The quantitative estimate of drug-likeness (QED) is 0.720. The molecule has 5 heteroatoms. The van der Waals surface area contributed by atoms with Gasteiger partial charge in [-0.1, -0.05) is 30.4 Å². The van der Waals surface area contributed by atoms with Crippen molar-refractivity contribution < 1.29 is 4.42 Å². The van der Waals surface area contributed by atoms with E-state index in [0.29, 0.717) is 4.99 Å². The van der Waals surface area contributed by atoms with Gasteiger partial charge in [-0.2, -0.15) is 0 Å². The maximum absolute atomic E-state index is 5.83. The minimum absolute atomic E-state index is 0.00728. The first-order chi connectivity index (χ1) is 10.1. The van der Waals surface area contributed by atoms with Crippen LogP contribution in [0.3, 0.4) is 0 Å². The van der Waals surface area contributed by atoms with Crippen LogP contribution in [0.15, 0.2) is 53.1 Å². The van der Waals surface area contributed by atoms with Crippen LogP contribution in [0.1, 0.15) is 24.3 Å². The van der Waals surface area contributed by atoms with E-state index >= 15 is 0 Å². The molecule has 0 fully saturated rings. The predicted molar refractivity (Wildman–Crippen MR) is 88.4 cm³/mol. The highest BCUT2D eigenvalue weighted by molar-refractivity contribution is 7.80. The summed E-state index contributed by atoms with van der Waals surface area (Å²) in [6, 6.07) is 13.5. The summed E-state index contributed by atoms with van der Waals surface area (Å²) < 4.78 is 5.39. The van der Waals surface area contributed by atoms with E-state index in [1.165, 1.54) is 0 Å². The molecule has 3 N–H and O–H groups in total. The van der Waals surface area contributed by atoms with Crippen molar-refractivity contribution in [3.8, 4) is 0 Å². The fourth-order valence-electron chi connectivity index (χ4n) is 2.28. The number of rotatable bonds is 4. The van der Waals surface area contributed by atoms with Gasteiger partial charge in [0, 0.05) is 10.9 Å². The molecule has 2 aromatic heterocycles. The molecule has 1 unspecified atom stereocenters. The van der Waals surface area contributed by atoms with Gasteiger partial charge < -0.3 is 15.5 Å². The molecule has 0 aliphatic rings. The lowest BCUT2D eigenvalue weighted by molar-refractivity contribution is 0.490. The number of furan rings is 1. The number of hydrogen-bond donors (Lipinski definition) is 2. The number of nitrogens with one attached hydrogen (secondary N) is 1. The molecule has 0 spiro atoms. The Kier molecular flexibility index (Phi) is 3.58. The Labute approximate surface area is 128 Å². The lowest BCUT2D eigenvalue weighted by atomic mass is 10.1. The van der Waals surface area contributed by atoms with Gasteiger partial charge in [0.2, 0.25) is 0 Å². The van der Waals surface area contributed by atoms with Crippen LogP contribution in [-0.2, 0) is 0 Å². The summed E-state index contributed by atoms with van der Waals surface area (Å²) in [6.07, 6.45) is 1.65. The molecule has 0 aliphatic heterocycles. The molecule has 3 aromatic rings. The number of benzene rings is 1. The number of nitrogens with zero attached hydrogens (tertiary/aromatic N) is 1. The summed E-state index contributed by atoms with van der Waals surface area (Å²) in [4.78, 5) is 4.96. The highest BCUT2D eigenvalue weighted by Crippen LogP contribution is 2.24. The highest BCUT2D eigenvalue weighted by Gasteiger charge is 2.12. The molecule has 0 saturated heterocycles. The standard InChI is InChI=1S/C16H15N3OS/c1-10(14-7-4-8-20-14)18-15-9-12(16(17)21)11-5-2-3-6-13(11)19-15/h2-10H,1H3,(H2,17,21)(H,18,19). The summed E-state index contributed by atoms with van der Waals surface area (Å²) in [7, 11) is 0. The number of hydrogen-bond acceptors (Lipinski definition) is 4. The van der Waals surface area contributed by atoms with Crippen LogP contribution in [0, 0.1) is 0 Å². The Morgan fingerprint density at radius 1 is 1.29 bits per heavy atom. The molecule has 4 nitrogen and oxygen atoms in total. The zero-order chi connectivity index (χ0) is 14.8. The Morgan fingerprint density at radius 2 is 2.10 bits per heavy atom. The van der Waals surface area contributed by atoms with Crippen molar-refractivity contribution in [2.75, 3.05) is 5.32 Å². The number of nitrogens with two attached hydrogens (primary N) is 1. The second kappa shape index (κ2) is 5.54. The van der Waals surface area contributed by atoms with E-state index in [-0.39, 0.29) is 6.04 Å². The van der Waals surface area contributed by atoms with Crippen molar-refractivity contribution in [2.45, 2.75) is 13.0 Å². The third kappa shape index (κ3) is 2.73. The van der Waals surface area contributed by atoms with Crippen molar-refractivity contribution in [3.63, 3.8) is 0 Å². The van der Waals surface area contributed by atoms with Crippen molar-refractivity contribution in [2.24, 2.45) is 5.73 Å². The van der Waals surface area contributed by atoms with Crippen LogP contribution in [0.2, 0.25) is 0 Å². The van der Waals surface area contributed by atoms with E-state index in [0.717, 1.165) is 28.0 Å². The molecule has 0 radical (unpaired) electrons. The van der Waals surface area contributed by atoms with Gasteiger partial charge in [0.15, 0.2) is 0 Å². The van der Waals surface area contributed by atoms with Crippen molar-refractivity contribution in [1.82, 2.24) is 4.98 Å². The summed E-state index contributed by atoms with van der Waals surface area (Å²) in [5.41, 5.74) is 7.51. The SMILES string of the molecule is CC(Nc1cc(C(N)=S)c2ccccc2n1)c1ccco1. The van der Waals surface area contributed by atoms with Crippen LogP contribution in [0.25, 0.3) is 10.9 Å². The minimum Gasteiger partial charge on any atom is -0.467 e. The third-order valence-corrected chi connectivity index (χ3v) is 3.54. The maximum atomic E-state index is 5.83. The molecular weight excluding hydrogens is 282 g/mol. The summed E-state index contributed by atoms with van der Waals surface area (Å²) >= 11 is 5.15. The van der Waals surface area contributed by atoms with Crippen molar-refractivity contribution in [3.05, 3.63) is 60.1 Å². The number of anilines is 1. The fraction of sp³-hybridized carbons (Fsp3) is 0.125. The molecule has 0 bridgehead atoms. The first kappa shape index (κ1) is 13.6. The van der Waals surface area contributed by atoms with E-state index in [1.807, 2.05) is 49.4 Å². The normalized spacial score (nSPS) is 12.2. The summed E-state index contributed by atoms with van der Waals surface area (Å²) in [5, 5.41) is 4.27. The van der Waals surface area contributed by atoms with Crippen LogP contribution >= 0.6 is 12.2 Å². The Bertz CT molecular complexity index is 783. The number of para-hydroxylation sites is 1. The first-order valence-electron chi connectivity index (χ1n) is 6.64. The van der Waals surface area contributed by atoms with Gasteiger partial charge in [-0.15, -0.1) is 0 Å². The van der Waals surface area contributed by atoms with E-state index in [9.17, 15) is 0 Å². The predicted octanol–water partition coefficient (Wildman–Crippen LogP) is 3.64. The van der Waals surface area contributed by atoms with Gasteiger partial charge in [-0.25, -0.2) is 4.98 Å². The third-order valence-electron chi connectivity index (χ3n) is 3.32. The van der Waals surface area contributed by atoms with Gasteiger partial charge in [0.05, 0.1) is 17.8 Å². The Balaban J connectivity index is 2.01. The second-order valence-electron chi connectivity index (χ2n) is 4.82. The van der Waals surface area contributed by atoms with Crippen LogP contribution in [0.4, 0.5) is 5.82 Å². The molecule has 1 atom stereocenters. The molecule has 21 heavy (non-hydrogen) atoms. The van der Waals surface area contributed by atoms with E-state index in [1.54, 1.807) is 6.26 Å². The number of pyridine rings is 1. The van der Waals surface area contributed by atoms with Gasteiger partial charge in [0.25, 0.3) is 0 Å². The number of aromatic nitrogens is 1. The van der Waals surface area contributed by atoms with Gasteiger partial charge in [0.1, 0.15) is 16.6 Å². The van der Waals surface area contributed by atoms with E-state index in [4.69, 9.17) is 22.4 Å². The zero-order valence-corrected chi connectivity index (χ0v) is 12.4. The molecule has 0 amide bonds. The maximum Gasteiger partial charge on any atom is 0.127 e. The first-order valence-corrected chi connectivity index (χ1v) is 7.05. The second-order valence-corrected chi connectivity index (χ2v) is 5.26. The van der Waals surface area contributed by atoms with E-state index < -0.39 is 0 Å². The Morgan fingerprint density at radius 3 is 2.81 bits per heavy atom. The van der Waals surface area contributed by atoms with E-state index in [2.05, 4.69) is 10.3 Å². The average molecular weight is 297 g/mol. The van der Waals surface area contributed by atoms with Gasteiger partial charge >= 0.3 is 0 Å². The topological polar surface area (TPSA) is 64.1 Å². The van der Waals surface area contributed by atoms with Crippen molar-refractivity contribution >= 4 is 33.9 Å². The zero-order valence-electron chi connectivity index (χ0n) is 11.5. The van der Waals surface area contributed by atoms with Crippen LogP contribution in [0.5, 0.6) is 0 Å². The number of thiocarbonyl (C=S) groups is 1. The number of fused-ring (bicyclic) bond motifs is 1. The van der Waals surface area contributed by atoms with Gasteiger partial charge in [-0.05, 0) is 31.2 Å². The summed E-state index contributed by atoms with van der Waals surface area (Å²) in [5.74, 6) is 1.57. The molecule has 2 heterocycles. The van der Waals surface area contributed by atoms with Gasteiger partial charge in [-0.3, -0.25) is 0 Å². The molecule has 1 aromatic carbocycles. The largest absolute Gasteiger partial charge is 0.467 e. The van der Waals surface area contributed by atoms with Crippen LogP contribution < -0.4 is 11.1 Å². The molecule has 0 saturated carbocycles. The monoisotopic (exact) mass is 297 g/mol.